The standard InChI is InChI=1S/C9H10N2O2/c1-7-4-8(6-10-5-7)11-2-3-13-9(11)12/h4-6H,2-3H2,1H3. The molecule has 0 spiro atoms. The van der Waals surface area contributed by atoms with Gasteiger partial charge in [0.15, 0.2) is 0 Å². The molecule has 0 N–H and O–H groups in total. The molecular weight excluding hydrogens is 168 g/mol. The maximum absolute atomic E-state index is 11.2. The SMILES string of the molecule is Cc1cncc(N2CCOC2=O)c1. The van der Waals surface area contributed by atoms with Gasteiger partial charge in [-0.15, -0.1) is 0 Å². The number of rotatable bonds is 1. The Kier molecular flexibility index (Phi) is 1.88. The zero-order valence-corrected chi connectivity index (χ0v) is 7.36. The third-order valence-electron chi connectivity index (χ3n) is 1.93. The smallest absolute Gasteiger partial charge is 0.414 e. The van der Waals surface area contributed by atoms with E-state index < -0.39 is 0 Å². The van der Waals surface area contributed by atoms with Crippen molar-refractivity contribution >= 4 is 11.8 Å². The van der Waals surface area contributed by atoms with E-state index in [2.05, 4.69) is 4.98 Å². The first-order valence-electron chi connectivity index (χ1n) is 4.13. The quantitative estimate of drug-likeness (QED) is 0.651. The Bertz CT molecular complexity index is 338. The molecule has 0 aromatic carbocycles. The van der Waals surface area contributed by atoms with Crippen LogP contribution >= 0.6 is 0 Å². The first-order chi connectivity index (χ1) is 6.27. The first kappa shape index (κ1) is 8.04. The molecular formula is C9H10N2O2. The average molecular weight is 178 g/mol. The average Bonchev–Trinajstić information content (AvgIpc) is 2.51. The molecule has 1 aromatic rings. The Labute approximate surface area is 76.1 Å². The molecule has 1 aromatic heterocycles. The number of ether oxygens (including phenoxy) is 1. The minimum absolute atomic E-state index is 0.285. The van der Waals surface area contributed by atoms with E-state index >= 15 is 0 Å². The van der Waals surface area contributed by atoms with Crippen LogP contribution in [0.1, 0.15) is 5.56 Å². The second-order valence-electron chi connectivity index (χ2n) is 2.99. The summed E-state index contributed by atoms with van der Waals surface area (Å²) in [6.07, 6.45) is 3.14. The number of carbonyl (C=O) groups is 1. The molecule has 1 aliphatic heterocycles. The molecule has 0 bridgehead atoms. The van der Waals surface area contributed by atoms with Gasteiger partial charge in [0.25, 0.3) is 0 Å². The van der Waals surface area contributed by atoms with Crippen LogP contribution in [-0.4, -0.2) is 24.2 Å². The molecule has 0 aliphatic carbocycles. The van der Waals surface area contributed by atoms with Crippen LogP contribution < -0.4 is 4.90 Å². The predicted molar refractivity (Wildman–Crippen MR) is 47.7 cm³/mol. The minimum Gasteiger partial charge on any atom is -0.447 e. The Morgan fingerprint density at radius 1 is 1.54 bits per heavy atom. The summed E-state index contributed by atoms with van der Waals surface area (Å²) in [5.74, 6) is 0. The summed E-state index contributed by atoms with van der Waals surface area (Å²) < 4.78 is 4.82. The number of cyclic esters (lactones) is 1. The van der Waals surface area contributed by atoms with Crippen LogP contribution in [0.3, 0.4) is 0 Å². The molecule has 0 saturated carbocycles. The molecule has 4 heteroatoms. The van der Waals surface area contributed by atoms with Crippen molar-refractivity contribution in [2.24, 2.45) is 0 Å². The third-order valence-corrected chi connectivity index (χ3v) is 1.93. The highest BCUT2D eigenvalue weighted by molar-refractivity contribution is 5.89. The van der Waals surface area contributed by atoms with Crippen LogP contribution in [0, 0.1) is 6.92 Å². The van der Waals surface area contributed by atoms with Crippen molar-refractivity contribution in [3.8, 4) is 0 Å². The molecule has 4 nitrogen and oxygen atoms in total. The lowest BCUT2D eigenvalue weighted by Crippen LogP contribution is -2.23. The van der Waals surface area contributed by atoms with Gasteiger partial charge >= 0.3 is 6.09 Å². The van der Waals surface area contributed by atoms with Crippen LogP contribution in [0.4, 0.5) is 10.5 Å². The molecule has 0 atom stereocenters. The van der Waals surface area contributed by atoms with Gasteiger partial charge in [-0.05, 0) is 18.6 Å². The van der Waals surface area contributed by atoms with Crippen molar-refractivity contribution in [1.29, 1.82) is 0 Å². The van der Waals surface area contributed by atoms with Gasteiger partial charge in [-0.3, -0.25) is 9.88 Å². The molecule has 2 rings (SSSR count). The van der Waals surface area contributed by atoms with E-state index in [1.165, 1.54) is 0 Å². The number of hydrogen-bond acceptors (Lipinski definition) is 3. The summed E-state index contributed by atoms with van der Waals surface area (Å²) in [5.41, 5.74) is 1.85. The van der Waals surface area contributed by atoms with Gasteiger partial charge in [0.05, 0.1) is 18.4 Å². The summed E-state index contributed by atoms with van der Waals surface area (Å²) >= 11 is 0. The Morgan fingerprint density at radius 2 is 2.38 bits per heavy atom. The summed E-state index contributed by atoms with van der Waals surface area (Å²) in [7, 11) is 0. The van der Waals surface area contributed by atoms with Crippen molar-refractivity contribution < 1.29 is 9.53 Å². The van der Waals surface area contributed by atoms with Gasteiger partial charge in [-0.2, -0.15) is 0 Å². The number of hydrogen-bond donors (Lipinski definition) is 0. The van der Waals surface area contributed by atoms with Gasteiger partial charge in [0.2, 0.25) is 0 Å². The van der Waals surface area contributed by atoms with Gasteiger partial charge in [0.1, 0.15) is 6.61 Å². The van der Waals surface area contributed by atoms with Crippen molar-refractivity contribution in [2.75, 3.05) is 18.1 Å². The van der Waals surface area contributed by atoms with Crippen LogP contribution in [0.2, 0.25) is 0 Å². The van der Waals surface area contributed by atoms with E-state index in [0.29, 0.717) is 13.2 Å². The molecule has 2 heterocycles. The minimum atomic E-state index is -0.285. The number of aryl methyl sites for hydroxylation is 1. The van der Waals surface area contributed by atoms with E-state index in [1.54, 1.807) is 17.3 Å². The maximum atomic E-state index is 11.2. The van der Waals surface area contributed by atoms with Crippen molar-refractivity contribution in [2.45, 2.75) is 6.92 Å². The molecule has 0 radical (unpaired) electrons. The second-order valence-corrected chi connectivity index (χ2v) is 2.99. The van der Waals surface area contributed by atoms with Crippen LogP contribution in [0.25, 0.3) is 0 Å². The number of carbonyl (C=O) groups excluding carboxylic acids is 1. The molecule has 68 valence electrons. The Balaban J connectivity index is 2.29. The van der Waals surface area contributed by atoms with Gasteiger partial charge in [0, 0.05) is 6.20 Å². The van der Waals surface area contributed by atoms with E-state index in [0.717, 1.165) is 11.3 Å². The number of aromatic nitrogens is 1. The van der Waals surface area contributed by atoms with E-state index in [9.17, 15) is 4.79 Å². The summed E-state index contributed by atoms with van der Waals surface area (Å²) in [6.45, 7) is 3.02. The van der Waals surface area contributed by atoms with Crippen molar-refractivity contribution in [3.63, 3.8) is 0 Å². The topological polar surface area (TPSA) is 42.4 Å². The molecule has 0 unspecified atom stereocenters. The highest BCUT2D eigenvalue weighted by Gasteiger charge is 2.23. The molecule has 1 aliphatic rings. The fourth-order valence-electron chi connectivity index (χ4n) is 1.31. The van der Waals surface area contributed by atoms with Crippen LogP contribution in [-0.2, 0) is 4.74 Å². The maximum Gasteiger partial charge on any atom is 0.414 e. The Morgan fingerprint density at radius 3 is 3.00 bits per heavy atom. The number of anilines is 1. The van der Waals surface area contributed by atoms with Crippen molar-refractivity contribution in [1.82, 2.24) is 4.98 Å². The predicted octanol–water partition coefficient (Wildman–Crippen LogP) is 1.35. The fraction of sp³-hybridized carbons (Fsp3) is 0.333. The van der Waals surface area contributed by atoms with E-state index in [4.69, 9.17) is 4.74 Å². The lowest BCUT2D eigenvalue weighted by Gasteiger charge is -2.11. The first-order valence-corrected chi connectivity index (χ1v) is 4.13. The number of nitrogens with zero attached hydrogens (tertiary/aromatic N) is 2. The normalized spacial score (nSPS) is 16.1. The lowest BCUT2D eigenvalue weighted by atomic mass is 10.3. The number of pyridine rings is 1. The largest absolute Gasteiger partial charge is 0.447 e. The molecule has 1 fully saturated rings. The highest BCUT2D eigenvalue weighted by Crippen LogP contribution is 2.17. The summed E-state index contributed by atoms with van der Waals surface area (Å²) in [4.78, 5) is 16.8. The monoisotopic (exact) mass is 178 g/mol. The van der Waals surface area contributed by atoms with Gasteiger partial charge in [-0.25, -0.2) is 4.79 Å². The fourth-order valence-corrected chi connectivity index (χ4v) is 1.31. The molecule has 1 saturated heterocycles. The molecule has 1 amide bonds. The lowest BCUT2D eigenvalue weighted by molar-refractivity contribution is 0.181. The summed E-state index contributed by atoms with van der Waals surface area (Å²) in [5, 5.41) is 0. The molecule has 13 heavy (non-hydrogen) atoms. The van der Waals surface area contributed by atoms with E-state index in [1.807, 2.05) is 13.0 Å². The van der Waals surface area contributed by atoms with Crippen molar-refractivity contribution in [3.05, 3.63) is 24.0 Å². The Hall–Kier alpha value is -1.58. The third kappa shape index (κ3) is 1.47. The highest BCUT2D eigenvalue weighted by atomic mass is 16.6. The van der Waals surface area contributed by atoms with Crippen LogP contribution in [0.5, 0.6) is 0 Å². The van der Waals surface area contributed by atoms with E-state index in [-0.39, 0.29) is 6.09 Å². The number of amides is 1. The van der Waals surface area contributed by atoms with Crippen LogP contribution in [0.15, 0.2) is 18.5 Å². The second kappa shape index (κ2) is 3.05. The zero-order valence-electron chi connectivity index (χ0n) is 7.36. The summed E-state index contributed by atoms with van der Waals surface area (Å²) in [6, 6.07) is 1.92. The zero-order chi connectivity index (χ0) is 9.26. The van der Waals surface area contributed by atoms with Gasteiger partial charge < -0.3 is 4.74 Å². The van der Waals surface area contributed by atoms with Gasteiger partial charge in [-0.1, -0.05) is 0 Å².